The number of nitrogens with zero attached hydrogens (tertiary/aromatic N) is 1. The van der Waals surface area contributed by atoms with Crippen LogP contribution in [0.4, 0.5) is 5.69 Å². The third-order valence-electron chi connectivity index (χ3n) is 3.60. The zero-order valence-electron chi connectivity index (χ0n) is 13.7. The average Bonchev–Trinajstić information content (AvgIpc) is 2.89. The first-order chi connectivity index (χ1) is 10.9. The van der Waals surface area contributed by atoms with Crippen LogP contribution in [0.25, 0.3) is 0 Å². The molecule has 1 aliphatic heterocycles. The molecule has 1 aliphatic rings. The van der Waals surface area contributed by atoms with Gasteiger partial charge in [0.05, 0.1) is 0 Å². The number of hydrogen-bond acceptors (Lipinski definition) is 5. The van der Waals surface area contributed by atoms with Gasteiger partial charge in [0.1, 0.15) is 30.2 Å². The predicted molar refractivity (Wildman–Crippen MR) is 85.3 cm³/mol. The standard InChI is InChI=1S/C17H20N2O4/c1-10-14(15(19-23-10)17(2,3)4)16(20)18-11-5-6-12-13(9-11)22-8-7-21-12/h5-6,9H,7-8H2,1-4H3,(H,18,20). The zero-order chi connectivity index (χ0) is 16.6. The van der Waals surface area contributed by atoms with Gasteiger partial charge in [-0.05, 0) is 19.1 Å². The van der Waals surface area contributed by atoms with Gasteiger partial charge in [0.2, 0.25) is 0 Å². The molecule has 0 aliphatic carbocycles. The fraction of sp³-hybridized carbons (Fsp3) is 0.412. The molecule has 1 N–H and O–H groups in total. The molecule has 3 rings (SSSR count). The minimum Gasteiger partial charge on any atom is -0.486 e. The van der Waals surface area contributed by atoms with Crippen LogP contribution >= 0.6 is 0 Å². The smallest absolute Gasteiger partial charge is 0.261 e. The third-order valence-corrected chi connectivity index (χ3v) is 3.60. The van der Waals surface area contributed by atoms with Crippen molar-refractivity contribution in [1.82, 2.24) is 5.16 Å². The Labute approximate surface area is 134 Å². The summed E-state index contributed by atoms with van der Waals surface area (Å²) < 4.78 is 16.2. The van der Waals surface area contributed by atoms with Gasteiger partial charge in [-0.25, -0.2) is 0 Å². The van der Waals surface area contributed by atoms with Crippen molar-refractivity contribution in [2.45, 2.75) is 33.1 Å². The Morgan fingerprint density at radius 1 is 1.17 bits per heavy atom. The van der Waals surface area contributed by atoms with Crippen LogP contribution in [0.5, 0.6) is 11.5 Å². The Morgan fingerprint density at radius 2 is 1.87 bits per heavy atom. The van der Waals surface area contributed by atoms with Gasteiger partial charge in [0, 0.05) is 17.2 Å². The topological polar surface area (TPSA) is 73.6 Å². The highest BCUT2D eigenvalue weighted by Crippen LogP contribution is 2.33. The van der Waals surface area contributed by atoms with Crippen LogP contribution in [0.3, 0.4) is 0 Å². The van der Waals surface area contributed by atoms with Gasteiger partial charge < -0.3 is 19.3 Å². The SMILES string of the molecule is Cc1onc(C(C)(C)C)c1C(=O)Nc1ccc2c(c1)OCCO2. The van der Waals surface area contributed by atoms with Crippen molar-refractivity contribution in [2.75, 3.05) is 18.5 Å². The summed E-state index contributed by atoms with van der Waals surface area (Å²) in [6.07, 6.45) is 0. The molecule has 0 fully saturated rings. The molecule has 122 valence electrons. The number of hydrogen-bond donors (Lipinski definition) is 1. The second-order valence-corrected chi connectivity index (χ2v) is 6.52. The monoisotopic (exact) mass is 316 g/mol. The van der Waals surface area contributed by atoms with Crippen LogP contribution in [-0.2, 0) is 5.41 Å². The van der Waals surface area contributed by atoms with Crippen molar-refractivity contribution in [3.05, 3.63) is 35.2 Å². The maximum atomic E-state index is 12.6. The van der Waals surface area contributed by atoms with Crippen molar-refractivity contribution in [3.63, 3.8) is 0 Å². The summed E-state index contributed by atoms with van der Waals surface area (Å²) in [5.41, 5.74) is 1.48. The Hall–Kier alpha value is -2.50. The highest BCUT2D eigenvalue weighted by molar-refractivity contribution is 6.06. The molecule has 6 heteroatoms. The maximum Gasteiger partial charge on any atom is 0.261 e. The van der Waals surface area contributed by atoms with Gasteiger partial charge in [-0.2, -0.15) is 0 Å². The first-order valence-corrected chi connectivity index (χ1v) is 7.54. The summed E-state index contributed by atoms with van der Waals surface area (Å²) in [6.45, 7) is 8.75. The van der Waals surface area contributed by atoms with E-state index >= 15 is 0 Å². The lowest BCUT2D eigenvalue weighted by Crippen LogP contribution is -2.21. The van der Waals surface area contributed by atoms with Crippen molar-refractivity contribution in [3.8, 4) is 11.5 Å². The molecule has 0 saturated heterocycles. The lowest BCUT2D eigenvalue weighted by Gasteiger charge is -2.19. The second-order valence-electron chi connectivity index (χ2n) is 6.52. The maximum absolute atomic E-state index is 12.6. The molecular weight excluding hydrogens is 296 g/mol. The summed E-state index contributed by atoms with van der Waals surface area (Å²) in [5, 5.41) is 6.91. The van der Waals surface area contributed by atoms with E-state index in [1.54, 1.807) is 25.1 Å². The predicted octanol–water partition coefficient (Wildman–Crippen LogP) is 3.30. The molecule has 1 aromatic heterocycles. The van der Waals surface area contributed by atoms with Gasteiger partial charge >= 0.3 is 0 Å². The van der Waals surface area contributed by atoms with E-state index < -0.39 is 0 Å². The molecule has 6 nitrogen and oxygen atoms in total. The highest BCUT2D eigenvalue weighted by Gasteiger charge is 2.29. The first kappa shape index (κ1) is 15.4. The van der Waals surface area contributed by atoms with Crippen LogP contribution in [0.1, 0.15) is 42.6 Å². The molecule has 0 atom stereocenters. The number of ether oxygens (including phenoxy) is 2. The van der Waals surface area contributed by atoms with Gasteiger partial charge in [-0.3, -0.25) is 4.79 Å². The number of carbonyl (C=O) groups excluding carboxylic acids is 1. The van der Waals surface area contributed by atoms with Gasteiger partial charge in [-0.1, -0.05) is 25.9 Å². The van der Waals surface area contributed by atoms with E-state index in [1.165, 1.54) is 0 Å². The van der Waals surface area contributed by atoms with Crippen molar-refractivity contribution in [1.29, 1.82) is 0 Å². The number of aromatic nitrogens is 1. The van der Waals surface area contributed by atoms with E-state index in [2.05, 4.69) is 10.5 Å². The van der Waals surface area contributed by atoms with Gasteiger partial charge in [-0.15, -0.1) is 0 Å². The lowest BCUT2D eigenvalue weighted by molar-refractivity contribution is 0.102. The second kappa shape index (κ2) is 5.61. The van der Waals surface area contributed by atoms with E-state index in [4.69, 9.17) is 14.0 Å². The molecule has 0 radical (unpaired) electrons. The van der Waals surface area contributed by atoms with Crippen LogP contribution in [0.2, 0.25) is 0 Å². The van der Waals surface area contributed by atoms with Gasteiger partial charge in [0.25, 0.3) is 5.91 Å². The van der Waals surface area contributed by atoms with E-state index in [1.807, 2.05) is 20.8 Å². The Kier molecular flexibility index (Phi) is 3.75. The quantitative estimate of drug-likeness (QED) is 0.920. The summed E-state index contributed by atoms with van der Waals surface area (Å²) >= 11 is 0. The van der Waals surface area contributed by atoms with Crippen LogP contribution in [0, 0.1) is 6.92 Å². The average molecular weight is 316 g/mol. The molecule has 0 bridgehead atoms. The third kappa shape index (κ3) is 3.02. The molecule has 0 unspecified atom stereocenters. The van der Waals surface area contributed by atoms with Crippen LogP contribution in [0.15, 0.2) is 22.7 Å². The van der Waals surface area contributed by atoms with E-state index in [9.17, 15) is 4.79 Å². The van der Waals surface area contributed by atoms with Crippen molar-refractivity contribution >= 4 is 11.6 Å². The number of benzene rings is 1. The number of nitrogens with one attached hydrogen (secondary N) is 1. The number of amides is 1. The zero-order valence-corrected chi connectivity index (χ0v) is 13.7. The summed E-state index contributed by atoms with van der Waals surface area (Å²) in [7, 11) is 0. The van der Waals surface area contributed by atoms with E-state index in [0.717, 1.165) is 0 Å². The molecule has 1 amide bonds. The van der Waals surface area contributed by atoms with Crippen molar-refractivity contribution in [2.24, 2.45) is 0 Å². The van der Waals surface area contributed by atoms with Crippen LogP contribution in [-0.4, -0.2) is 24.3 Å². The van der Waals surface area contributed by atoms with Gasteiger partial charge in [0.15, 0.2) is 11.5 Å². The lowest BCUT2D eigenvalue weighted by atomic mass is 9.88. The Balaban J connectivity index is 1.87. The minimum atomic E-state index is -0.281. The molecular formula is C17H20N2O4. The minimum absolute atomic E-state index is 0.245. The fourth-order valence-corrected chi connectivity index (χ4v) is 2.47. The molecule has 1 aromatic carbocycles. The summed E-state index contributed by atoms with van der Waals surface area (Å²) in [4.78, 5) is 12.6. The number of fused-ring (bicyclic) bond motifs is 1. The largest absolute Gasteiger partial charge is 0.486 e. The van der Waals surface area contributed by atoms with E-state index in [-0.39, 0.29) is 11.3 Å². The number of carbonyl (C=O) groups is 1. The normalized spacial score (nSPS) is 13.7. The Morgan fingerprint density at radius 3 is 2.57 bits per heavy atom. The number of aryl methyl sites for hydroxylation is 1. The summed E-state index contributed by atoms with van der Waals surface area (Å²) in [6, 6.07) is 5.33. The van der Waals surface area contributed by atoms with Crippen LogP contribution < -0.4 is 14.8 Å². The fourth-order valence-electron chi connectivity index (χ4n) is 2.47. The molecule has 0 saturated carbocycles. The van der Waals surface area contributed by atoms with E-state index in [0.29, 0.717) is 47.4 Å². The molecule has 23 heavy (non-hydrogen) atoms. The summed E-state index contributed by atoms with van der Waals surface area (Å²) in [5.74, 6) is 1.58. The Bertz CT molecular complexity index is 744. The molecule has 0 spiro atoms. The highest BCUT2D eigenvalue weighted by atomic mass is 16.6. The number of rotatable bonds is 2. The molecule has 2 aromatic rings. The number of anilines is 1. The van der Waals surface area contributed by atoms with Crippen molar-refractivity contribution < 1.29 is 18.8 Å². The molecule has 2 heterocycles. The first-order valence-electron chi connectivity index (χ1n) is 7.54.